The largest absolute Gasteiger partial charge is 1.00 e. The molecule has 26 heavy (non-hydrogen) atoms. The van der Waals surface area contributed by atoms with Crippen LogP contribution in [0.25, 0.3) is 4.72 Å². The summed E-state index contributed by atoms with van der Waals surface area (Å²) >= 11 is 0. The van der Waals surface area contributed by atoms with Crippen molar-refractivity contribution >= 4 is 27.6 Å². The molecule has 0 aliphatic heterocycles. The first-order chi connectivity index (χ1) is 11.5. The van der Waals surface area contributed by atoms with Gasteiger partial charge in [0.2, 0.25) is 0 Å². The van der Waals surface area contributed by atoms with Crippen molar-refractivity contribution in [3.8, 4) is 0 Å². The van der Waals surface area contributed by atoms with Gasteiger partial charge < -0.3 is 14.9 Å². The van der Waals surface area contributed by atoms with Crippen LogP contribution in [-0.4, -0.2) is 30.6 Å². The van der Waals surface area contributed by atoms with Crippen LogP contribution in [0.5, 0.6) is 0 Å². The van der Waals surface area contributed by atoms with E-state index in [2.05, 4.69) is 4.72 Å². The molecule has 2 aromatic carbocycles. The van der Waals surface area contributed by atoms with Gasteiger partial charge in [-0.15, -0.1) is 5.69 Å². The molecular weight excluding hydrogens is 385 g/mol. The first kappa shape index (κ1) is 22.8. The number of nitrogens with zero attached hydrogens (tertiary/aromatic N) is 1. The molecule has 0 radical (unpaired) electrons. The Labute approximate surface area is 193 Å². The van der Waals surface area contributed by atoms with Crippen molar-refractivity contribution in [1.82, 2.24) is 0 Å². The number of carboxylic acids is 2. The molecule has 0 spiro atoms. The summed E-state index contributed by atoms with van der Waals surface area (Å²) in [5.74, 6) is -2.70. The molecule has 0 heterocycles. The zero-order valence-corrected chi connectivity index (χ0v) is 18.7. The van der Waals surface area contributed by atoms with Crippen LogP contribution in [0, 0.1) is 20.8 Å². The molecule has 0 saturated carbocycles. The quantitative estimate of drug-likeness (QED) is 0.700. The second-order valence-electron chi connectivity index (χ2n) is 5.56. The second kappa shape index (κ2) is 8.64. The normalized spacial score (nSPS) is 10.7. The average Bonchev–Trinajstić information content (AvgIpc) is 2.49. The SMILES string of the molecule is Cc1ccc(S(=O)(=O)[N-]c2cc(C(=O)O)c(C)c(C(=O)O)c2C)cc1.[K+]. The van der Waals surface area contributed by atoms with E-state index in [1.54, 1.807) is 19.1 Å². The number of hydrogen-bond acceptors (Lipinski definition) is 4. The maximum Gasteiger partial charge on any atom is 1.00 e. The molecule has 0 aliphatic carbocycles. The Hall–Kier alpha value is -1.23. The van der Waals surface area contributed by atoms with Crippen molar-refractivity contribution in [2.75, 3.05) is 0 Å². The summed E-state index contributed by atoms with van der Waals surface area (Å²) in [6.45, 7) is 4.56. The molecule has 2 aromatic rings. The number of benzene rings is 2. The van der Waals surface area contributed by atoms with Crippen molar-refractivity contribution in [1.29, 1.82) is 0 Å². The summed E-state index contributed by atoms with van der Waals surface area (Å²) in [6.07, 6.45) is 0. The van der Waals surface area contributed by atoms with Gasteiger partial charge in [-0.05, 0) is 38.5 Å². The smallest absolute Gasteiger partial charge is 0.572 e. The molecule has 0 bridgehead atoms. The third-order valence-electron chi connectivity index (χ3n) is 3.80. The maximum atomic E-state index is 12.5. The van der Waals surface area contributed by atoms with E-state index >= 15 is 0 Å². The molecule has 7 nitrogen and oxygen atoms in total. The van der Waals surface area contributed by atoms with E-state index in [1.807, 2.05) is 0 Å². The first-order valence-corrected chi connectivity index (χ1v) is 8.64. The molecule has 9 heteroatoms. The van der Waals surface area contributed by atoms with Crippen LogP contribution >= 0.6 is 0 Å². The van der Waals surface area contributed by atoms with Crippen molar-refractivity contribution in [3.05, 3.63) is 62.9 Å². The Morgan fingerprint density at radius 3 is 1.92 bits per heavy atom. The van der Waals surface area contributed by atoms with E-state index in [1.165, 1.54) is 26.0 Å². The summed E-state index contributed by atoms with van der Waals surface area (Å²) in [7, 11) is -4.11. The summed E-state index contributed by atoms with van der Waals surface area (Å²) in [5.41, 5.74) is 0.223. The van der Waals surface area contributed by atoms with Crippen molar-refractivity contribution in [2.45, 2.75) is 25.7 Å². The third kappa shape index (κ3) is 4.73. The number of aryl methyl sites for hydroxylation is 1. The molecule has 0 fully saturated rings. The predicted molar refractivity (Wildman–Crippen MR) is 91.2 cm³/mol. The minimum Gasteiger partial charge on any atom is -0.572 e. The minimum absolute atomic E-state index is 0. The summed E-state index contributed by atoms with van der Waals surface area (Å²) in [4.78, 5) is 22.7. The van der Waals surface area contributed by atoms with E-state index in [-0.39, 0.29) is 84.2 Å². The minimum atomic E-state index is -4.11. The van der Waals surface area contributed by atoms with Gasteiger partial charge in [0.15, 0.2) is 0 Å². The topological polar surface area (TPSA) is 123 Å². The Morgan fingerprint density at radius 2 is 1.46 bits per heavy atom. The van der Waals surface area contributed by atoms with Crippen molar-refractivity contribution < 1.29 is 79.6 Å². The molecule has 0 saturated heterocycles. The van der Waals surface area contributed by atoms with Crippen molar-refractivity contribution in [3.63, 3.8) is 0 Å². The Bertz CT molecular complexity index is 968. The van der Waals surface area contributed by atoms with E-state index < -0.39 is 22.0 Å². The fourth-order valence-corrected chi connectivity index (χ4v) is 3.46. The van der Waals surface area contributed by atoms with Gasteiger partial charge in [0, 0.05) is 0 Å². The van der Waals surface area contributed by atoms with Gasteiger partial charge in [-0.1, -0.05) is 29.3 Å². The Morgan fingerprint density at radius 1 is 0.923 bits per heavy atom. The Balaban J connectivity index is 0.00000338. The van der Waals surface area contributed by atoms with Crippen LogP contribution in [0.2, 0.25) is 0 Å². The summed E-state index contributed by atoms with van der Waals surface area (Å²) in [6, 6.07) is 7.05. The van der Waals surface area contributed by atoms with Gasteiger partial charge in [0.05, 0.1) is 16.0 Å². The number of rotatable bonds is 5. The number of carbonyl (C=O) groups is 2. The third-order valence-corrected chi connectivity index (χ3v) is 5.11. The first-order valence-electron chi connectivity index (χ1n) is 7.20. The van der Waals surface area contributed by atoms with Crippen LogP contribution in [0.4, 0.5) is 5.69 Å². The number of hydrogen-bond donors (Lipinski definition) is 2. The zero-order chi connectivity index (χ0) is 18.9. The number of aromatic carboxylic acids is 2. The average molecular weight is 401 g/mol. The monoisotopic (exact) mass is 401 g/mol. The van der Waals surface area contributed by atoms with Gasteiger partial charge >= 0.3 is 63.3 Å². The fourth-order valence-electron chi connectivity index (χ4n) is 2.43. The van der Waals surface area contributed by atoms with Gasteiger partial charge in [-0.25, -0.2) is 18.0 Å². The molecule has 2 rings (SSSR count). The van der Waals surface area contributed by atoms with E-state index in [4.69, 9.17) is 0 Å². The van der Waals surface area contributed by atoms with Gasteiger partial charge in [-0.3, -0.25) is 0 Å². The van der Waals surface area contributed by atoms with E-state index in [0.29, 0.717) is 0 Å². The predicted octanol–water partition coefficient (Wildman–Crippen LogP) is 0.406. The summed E-state index contributed by atoms with van der Waals surface area (Å²) in [5, 5.41) is 18.6. The van der Waals surface area contributed by atoms with Gasteiger partial charge in [0.1, 0.15) is 10.0 Å². The molecule has 0 atom stereocenters. The maximum absolute atomic E-state index is 12.5. The van der Waals surface area contributed by atoms with E-state index in [0.717, 1.165) is 11.6 Å². The van der Waals surface area contributed by atoms with Gasteiger partial charge in [-0.2, -0.15) is 0 Å². The molecule has 0 aliphatic rings. The van der Waals surface area contributed by atoms with Crippen LogP contribution in [0.1, 0.15) is 37.4 Å². The molecule has 0 unspecified atom stereocenters. The molecule has 132 valence electrons. The zero-order valence-electron chi connectivity index (χ0n) is 14.8. The van der Waals surface area contributed by atoms with Crippen molar-refractivity contribution in [2.24, 2.45) is 0 Å². The Kier molecular flexibility index (Phi) is 7.58. The molecule has 2 N–H and O–H groups in total. The van der Waals surface area contributed by atoms with Crippen LogP contribution in [0.15, 0.2) is 35.2 Å². The molecule has 0 aromatic heterocycles. The van der Waals surface area contributed by atoms with Gasteiger partial charge in [0.25, 0.3) is 0 Å². The fraction of sp³-hybridized carbons (Fsp3) is 0.176. The standard InChI is InChI=1S/C17H16NO6S.K/c1-9-4-6-12(7-5-9)25(23,24)18-14-8-13(16(19)20)10(2)15(11(14)3)17(21)22;/h4-8H,1-3H3,(H,19,20)(H,21,22);/q-1;+1. The summed E-state index contributed by atoms with van der Waals surface area (Å²) < 4.78 is 28.6. The number of sulfonamides is 1. The van der Waals surface area contributed by atoms with Crippen LogP contribution in [-0.2, 0) is 10.0 Å². The molecule has 0 amide bonds. The van der Waals surface area contributed by atoms with Crippen LogP contribution < -0.4 is 51.4 Å². The molecular formula is C17H16KNO6S. The number of carboxylic acid groups (broad SMARTS) is 2. The van der Waals surface area contributed by atoms with Crippen LogP contribution in [0.3, 0.4) is 0 Å². The van der Waals surface area contributed by atoms with E-state index in [9.17, 15) is 28.2 Å². The second-order valence-corrected chi connectivity index (χ2v) is 7.16.